The Kier molecular flexibility index (Phi) is 5.53. The highest BCUT2D eigenvalue weighted by molar-refractivity contribution is 5.91. The molecule has 0 radical (unpaired) electrons. The van der Waals surface area contributed by atoms with E-state index in [2.05, 4.69) is 67.6 Å². The molecule has 1 fully saturated rings. The largest absolute Gasteiger partial charge is 0.383 e. The van der Waals surface area contributed by atoms with Gasteiger partial charge < -0.3 is 20.4 Å². The summed E-state index contributed by atoms with van der Waals surface area (Å²) in [4.78, 5) is 18.1. The highest BCUT2D eigenvalue weighted by atomic mass is 15.3. The molecule has 2 N–H and O–H groups in total. The van der Waals surface area contributed by atoms with Gasteiger partial charge in [0.15, 0.2) is 0 Å². The molecule has 1 aromatic carbocycles. The molecule has 3 aromatic rings. The van der Waals surface area contributed by atoms with Crippen LogP contribution in [-0.4, -0.2) is 66.2 Å². The summed E-state index contributed by atoms with van der Waals surface area (Å²) >= 11 is 0. The average molecular weight is 377 g/mol. The van der Waals surface area contributed by atoms with Crippen LogP contribution in [0.15, 0.2) is 42.7 Å². The summed E-state index contributed by atoms with van der Waals surface area (Å²) < 4.78 is 0. The van der Waals surface area contributed by atoms with Crippen LogP contribution < -0.4 is 15.5 Å². The van der Waals surface area contributed by atoms with E-state index in [-0.39, 0.29) is 0 Å². The first-order valence-electron chi connectivity index (χ1n) is 9.79. The van der Waals surface area contributed by atoms with Crippen LogP contribution >= 0.6 is 0 Å². The number of pyridine rings is 1. The van der Waals surface area contributed by atoms with Gasteiger partial charge in [-0.05, 0) is 37.7 Å². The molecule has 1 aliphatic rings. The third-order valence-corrected chi connectivity index (χ3v) is 5.09. The van der Waals surface area contributed by atoms with Gasteiger partial charge in [0, 0.05) is 62.7 Å². The molecule has 1 aliphatic heterocycles. The molecule has 0 unspecified atom stereocenters. The van der Waals surface area contributed by atoms with Crippen molar-refractivity contribution in [2.75, 3.05) is 61.8 Å². The molecule has 3 heterocycles. The molecule has 0 bridgehead atoms. The van der Waals surface area contributed by atoms with Crippen LogP contribution in [0.4, 0.5) is 17.5 Å². The number of anilines is 3. The number of aryl methyl sites for hydroxylation is 1. The summed E-state index contributed by atoms with van der Waals surface area (Å²) in [5.74, 6) is 1.67. The van der Waals surface area contributed by atoms with Crippen molar-refractivity contribution >= 4 is 28.4 Å². The lowest BCUT2D eigenvalue weighted by Gasteiger charge is -2.33. The SMILES string of the molecule is Cc1ccc2c(NCCNc3nccc(N4CCN(C)CC4)n3)ccnc2c1. The number of hydrogen-bond donors (Lipinski definition) is 2. The van der Waals surface area contributed by atoms with E-state index in [0.29, 0.717) is 5.95 Å². The molecule has 4 rings (SSSR count). The number of piperazine rings is 1. The predicted molar refractivity (Wildman–Crippen MR) is 115 cm³/mol. The Morgan fingerprint density at radius 3 is 2.57 bits per heavy atom. The molecule has 1 saturated heterocycles. The first kappa shape index (κ1) is 18.4. The van der Waals surface area contributed by atoms with E-state index < -0.39 is 0 Å². The minimum atomic E-state index is 0.674. The molecule has 28 heavy (non-hydrogen) atoms. The van der Waals surface area contributed by atoms with Crippen molar-refractivity contribution in [3.8, 4) is 0 Å². The van der Waals surface area contributed by atoms with Gasteiger partial charge in [0.2, 0.25) is 5.95 Å². The lowest BCUT2D eigenvalue weighted by atomic mass is 10.1. The Labute approximate surface area is 165 Å². The minimum Gasteiger partial charge on any atom is -0.383 e. The number of rotatable bonds is 6. The summed E-state index contributed by atoms with van der Waals surface area (Å²) in [6, 6.07) is 10.3. The maximum Gasteiger partial charge on any atom is 0.224 e. The molecule has 0 atom stereocenters. The number of fused-ring (bicyclic) bond motifs is 1. The van der Waals surface area contributed by atoms with E-state index in [1.807, 2.05) is 24.5 Å². The van der Waals surface area contributed by atoms with Crippen LogP contribution in [0, 0.1) is 6.92 Å². The Bertz CT molecular complexity index is 935. The van der Waals surface area contributed by atoms with Crippen LogP contribution in [0.3, 0.4) is 0 Å². The fourth-order valence-electron chi connectivity index (χ4n) is 3.43. The van der Waals surface area contributed by atoms with Crippen molar-refractivity contribution in [2.45, 2.75) is 6.92 Å². The van der Waals surface area contributed by atoms with Gasteiger partial charge in [-0.25, -0.2) is 4.98 Å². The van der Waals surface area contributed by atoms with E-state index in [1.165, 1.54) is 5.56 Å². The summed E-state index contributed by atoms with van der Waals surface area (Å²) in [5, 5.41) is 7.95. The summed E-state index contributed by atoms with van der Waals surface area (Å²) in [5.41, 5.74) is 3.33. The second-order valence-electron chi connectivity index (χ2n) is 7.26. The highest BCUT2D eigenvalue weighted by Crippen LogP contribution is 2.22. The second kappa shape index (κ2) is 8.39. The van der Waals surface area contributed by atoms with Gasteiger partial charge in [0.1, 0.15) is 5.82 Å². The molecular weight excluding hydrogens is 350 g/mol. The topological polar surface area (TPSA) is 69.2 Å². The van der Waals surface area contributed by atoms with E-state index in [4.69, 9.17) is 0 Å². The van der Waals surface area contributed by atoms with E-state index in [0.717, 1.165) is 61.7 Å². The predicted octanol–water partition coefficient (Wildman–Crippen LogP) is 2.61. The van der Waals surface area contributed by atoms with Crippen LogP contribution in [0.5, 0.6) is 0 Å². The second-order valence-corrected chi connectivity index (χ2v) is 7.26. The molecule has 0 spiro atoms. The van der Waals surface area contributed by atoms with Crippen LogP contribution in [0.1, 0.15) is 5.56 Å². The van der Waals surface area contributed by atoms with Crippen LogP contribution in [-0.2, 0) is 0 Å². The zero-order chi connectivity index (χ0) is 19.3. The molecule has 146 valence electrons. The minimum absolute atomic E-state index is 0.674. The Balaban J connectivity index is 1.33. The van der Waals surface area contributed by atoms with Crippen molar-refractivity contribution in [1.29, 1.82) is 0 Å². The summed E-state index contributed by atoms with van der Waals surface area (Å²) in [6.07, 6.45) is 3.68. The number of aromatic nitrogens is 3. The first-order chi connectivity index (χ1) is 13.7. The maximum atomic E-state index is 4.67. The lowest BCUT2D eigenvalue weighted by Crippen LogP contribution is -2.44. The Morgan fingerprint density at radius 1 is 0.929 bits per heavy atom. The third-order valence-electron chi connectivity index (χ3n) is 5.09. The highest BCUT2D eigenvalue weighted by Gasteiger charge is 2.15. The summed E-state index contributed by atoms with van der Waals surface area (Å²) in [7, 11) is 2.16. The van der Waals surface area contributed by atoms with E-state index in [9.17, 15) is 0 Å². The normalized spacial score (nSPS) is 15.0. The smallest absolute Gasteiger partial charge is 0.224 e. The van der Waals surface area contributed by atoms with E-state index >= 15 is 0 Å². The van der Waals surface area contributed by atoms with Crippen molar-refractivity contribution < 1.29 is 0 Å². The average Bonchev–Trinajstić information content (AvgIpc) is 2.72. The van der Waals surface area contributed by atoms with Gasteiger partial charge in [-0.2, -0.15) is 4.98 Å². The number of nitrogens with zero attached hydrogens (tertiary/aromatic N) is 5. The molecule has 2 aromatic heterocycles. The van der Waals surface area contributed by atoms with E-state index in [1.54, 1.807) is 0 Å². The molecular formula is C21H27N7. The zero-order valence-corrected chi connectivity index (χ0v) is 16.5. The Hall–Kier alpha value is -2.93. The monoisotopic (exact) mass is 377 g/mol. The van der Waals surface area contributed by atoms with Crippen LogP contribution in [0.2, 0.25) is 0 Å². The third kappa shape index (κ3) is 4.31. The molecule has 7 heteroatoms. The van der Waals surface area contributed by atoms with Gasteiger partial charge in [-0.1, -0.05) is 12.1 Å². The number of hydrogen-bond acceptors (Lipinski definition) is 7. The number of nitrogens with one attached hydrogen (secondary N) is 2. The van der Waals surface area contributed by atoms with Crippen molar-refractivity contribution in [3.63, 3.8) is 0 Å². The zero-order valence-electron chi connectivity index (χ0n) is 16.5. The maximum absolute atomic E-state index is 4.67. The number of likely N-dealkylation sites (N-methyl/N-ethyl adjacent to an activating group) is 1. The van der Waals surface area contributed by atoms with Crippen molar-refractivity contribution in [1.82, 2.24) is 19.9 Å². The van der Waals surface area contributed by atoms with Gasteiger partial charge in [-0.3, -0.25) is 4.98 Å². The van der Waals surface area contributed by atoms with Crippen molar-refractivity contribution in [3.05, 3.63) is 48.3 Å². The van der Waals surface area contributed by atoms with Crippen molar-refractivity contribution in [2.24, 2.45) is 0 Å². The van der Waals surface area contributed by atoms with Crippen LogP contribution in [0.25, 0.3) is 10.9 Å². The fourth-order valence-corrected chi connectivity index (χ4v) is 3.43. The quantitative estimate of drug-likeness (QED) is 0.640. The molecule has 0 amide bonds. The standard InChI is InChI=1S/C21H27N7/c1-16-3-4-17-18(5-7-22-19(17)15-16)23-9-10-25-21-24-8-6-20(26-21)28-13-11-27(2)12-14-28/h3-8,15H,9-14H2,1-2H3,(H,22,23)(H,24,25,26). The lowest BCUT2D eigenvalue weighted by molar-refractivity contribution is 0.312. The fraction of sp³-hybridized carbons (Fsp3) is 0.381. The molecule has 7 nitrogen and oxygen atoms in total. The first-order valence-corrected chi connectivity index (χ1v) is 9.79. The van der Waals surface area contributed by atoms with Gasteiger partial charge in [0.25, 0.3) is 0 Å². The molecule has 0 saturated carbocycles. The van der Waals surface area contributed by atoms with Gasteiger partial charge in [-0.15, -0.1) is 0 Å². The summed E-state index contributed by atoms with van der Waals surface area (Å²) in [6.45, 7) is 7.73. The Morgan fingerprint density at radius 2 is 1.71 bits per heavy atom. The number of benzene rings is 1. The molecule has 0 aliphatic carbocycles. The van der Waals surface area contributed by atoms with Gasteiger partial charge >= 0.3 is 0 Å². The van der Waals surface area contributed by atoms with Gasteiger partial charge in [0.05, 0.1) is 5.52 Å².